The smallest absolute Gasteiger partial charge is 0.159 e. The van der Waals surface area contributed by atoms with Crippen molar-refractivity contribution in [2.24, 2.45) is 9.98 Å². The molecule has 2 heterocycles. The minimum Gasteiger partial charge on any atom is -0.344 e. The fraction of sp³-hybridized carbons (Fsp3) is 0.0213. The fourth-order valence-electron chi connectivity index (χ4n) is 8.25. The van der Waals surface area contributed by atoms with E-state index < -0.39 is 0 Å². The molecular formula is C47H29N3S. The van der Waals surface area contributed by atoms with Crippen molar-refractivity contribution in [2.45, 2.75) is 6.17 Å². The molecule has 11 rings (SSSR count). The largest absolute Gasteiger partial charge is 0.344 e. The summed E-state index contributed by atoms with van der Waals surface area (Å²) >= 11 is 1.88. The zero-order chi connectivity index (χ0) is 33.5. The lowest BCUT2D eigenvalue weighted by Gasteiger charge is -2.25. The highest BCUT2D eigenvalue weighted by atomic mass is 32.1. The minimum absolute atomic E-state index is 0.334. The summed E-state index contributed by atoms with van der Waals surface area (Å²) in [5, 5.41) is 11.4. The third-order valence-electron chi connectivity index (χ3n) is 10.5. The molecule has 1 atom stereocenters. The first-order valence-corrected chi connectivity index (χ1v) is 18.2. The number of thiophene rings is 1. The summed E-state index contributed by atoms with van der Waals surface area (Å²) in [4.78, 5) is 10.6. The van der Waals surface area contributed by atoms with Gasteiger partial charge in [-0.25, -0.2) is 9.98 Å². The Morgan fingerprint density at radius 3 is 1.98 bits per heavy atom. The average molecular weight is 668 g/mol. The molecule has 1 aliphatic carbocycles. The standard InChI is InChI=1S/C47H29N3S/c1-3-12-28(13-4-1)31-24-26-36(33-19-8-7-18-32(31)33)46-48-45(30-14-5-2-6-15-30)49-47(50-46)39-22-11-23-40-42(39)38-27-25-35-34-20-9-16-29-17-10-21-37(41(29)34)43(35)44(38)51-40/h1-27,46H,(H,48,49,50). The molecule has 1 unspecified atom stereocenters. The fourth-order valence-corrected chi connectivity index (χ4v) is 9.54. The molecule has 8 aromatic carbocycles. The first kappa shape index (κ1) is 28.5. The molecule has 1 N–H and O–H groups in total. The van der Waals surface area contributed by atoms with Crippen LogP contribution in [0.5, 0.6) is 0 Å². The molecule has 2 aliphatic rings. The van der Waals surface area contributed by atoms with Crippen molar-refractivity contribution in [2.75, 3.05) is 0 Å². The summed E-state index contributed by atoms with van der Waals surface area (Å²) in [6.45, 7) is 0. The summed E-state index contributed by atoms with van der Waals surface area (Å²) in [5.41, 5.74) is 10.9. The van der Waals surface area contributed by atoms with Crippen molar-refractivity contribution < 1.29 is 0 Å². The number of hydrogen-bond acceptors (Lipinski definition) is 4. The van der Waals surface area contributed by atoms with Gasteiger partial charge in [0.2, 0.25) is 0 Å². The Balaban J connectivity index is 1.11. The Bertz CT molecular complexity index is 2930. The Morgan fingerprint density at radius 1 is 0.471 bits per heavy atom. The van der Waals surface area contributed by atoms with Gasteiger partial charge in [-0.1, -0.05) is 158 Å². The quantitative estimate of drug-likeness (QED) is 0.199. The van der Waals surface area contributed by atoms with Gasteiger partial charge in [0.15, 0.2) is 5.84 Å². The van der Waals surface area contributed by atoms with Gasteiger partial charge in [0.25, 0.3) is 0 Å². The molecule has 0 bridgehead atoms. The Morgan fingerprint density at radius 2 is 1.16 bits per heavy atom. The summed E-state index contributed by atoms with van der Waals surface area (Å²) in [6, 6.07) is 58.8. The molecule has 0 saturated heterocycles. The molecule has 1 aliphatic heterocycles. The molecule has 0 spiro atoms. The Kier molecular flexibility index (Phi) is 6.18. The van der Waals surface area contributed by atoms with Crippen LogP contribution >= 0.6 is 11.3 Å². The summed E-state index contributed by atoms with van der Waals surface area (Å²) < 4.78 is 2.58. The molecular weight excluding hydrogens is 639 g/mol. The van der Waals surface area contributed by atoms with Crippen molar-refractivity contribution >= 4 is 64.7 Å². The van der Waals surface area contributed by atoms with Gasteiger partial charge >= 0.3 is 0 Å². The van der Waals surface area contributed by atoms with Crippen molar-refractivity contribution in [3.8, 4) is 33.4 Å². The van der Waals surface area contributed by atoms with Gasteiger partial charge in [0.05, 0.1) is 0 Å². The van der Waals surface area contributed by atoms with Gasteiger partial charge < -0.3 is 5.32 Å². The summed E-state index contributed by atoms with van der Waals surface area (Å²) in [6.07, 6.45) is -0.334. The topological polar surface area (TPSA) is 36.8 Å². The number of rotatable bonds is 4. The average Bonchev–Trinajstić information content (AvgIpc) is 3.75. The number of amidine groups is 2. The van der Waals surface area contributed by atoms with E-state index in [0.29, 0.717) is 0 Å². The van der Waals surface area contributed by atoms with E-state index in [-0.39, 0.29) is 6.17 Å². The van der Waals surface area contributed by atoms with Crippen molar-refractivity contribution in [1.82, 2.24) is 5.32 Å². The predicted octanol–water partition coefficient (Wildman–Crippen LogP) is 12.2. The van der Waals surface area contributed by atoms with Gasteiger partial charge in [0, 0.05) is 42.4 Å². The van der Waals surface area contributed by atoms with Crippen LogP contribution in [0.15, 0.2) is 174 Å². The number of aliphatic imine (C=N–C) groups is 2. The minimum atomic E-state index is -0.334. The molecule has 9 aromatic rings. The maximum absolute atomic E-state index is 5.29. The maximum atomic E-state index is 5.29. The van der Waals surface area contributed by atoms with E-state index in [1.165, 1.54) is 75.1 Å². The van der Waals surface area contributed by atoms with E-state index in [9.17, 15) is 0 Å². The highest BCUT2D eigenvalue weighted by molar-refractivity contribution is 7.26. The van der Waals surface area contributed by atoms with Gasteiger partial charge in [-0.05, 0) is 55.4 Å². The number of nitrogens with one attached hydrogen (secondary N) is 1. The second-order valence-electron chi connectivity index (χ2n) is 13.3. The Hall–Kier alpha value is -6.36. The van der Waals surface area contributed by atoms with Crippen LogP contribution in [0.25, 0.3) is 75.1 Å². The molecule has 51 heavy (non-hydrogen) atoms. The predicted molar refractivity (Wildman–Crippen MR) is 216 cm³/mol. The van der Waals surface area contributed by atoms with Crippen molar-refractivity contribution in [3.05, 3.63) is 180 Å². The highest BCUT2D eigenvalue weighted by Gasteiger charge is 2.28. The summed E-state index contributed by atoms with van der Waals surface area (Å²) in [5.74, 6) is 1.56. The molecule has 0 saturated carbocycles. The van der Waals surface area contributed by atoms with Crippen LogP contribution in [0.3, 0.4) is 0 Å². The lowest BCUT2D eigenvalue weighted by Crippen LogP contribution is -2.33. The van der Waals surface area contributed by atoms with E-state index in [1.54, 1.807) is 0 Å². The van der Waals surface area contributed by atoms with Gasteiger partial charge in [0.1, 0.15) is 12.0 Å². The maximum Gasteiger partial charge on any atom is 0.159 e. The van der Waals surface area contributed by atoms with Gasteiger partial charge in [-0.15, -0.1) is 11.3 Å². The van der Waals surface area contributed by atoms with E-state index in [4.69, 9.17) is 9.98 Å². The van der Waals surface area contributed by atoms with Crippen LogP contribution in [0.4, 0.5) is 0 Å². The van der Waals surface area contributed by atoms with Crippen LogP contribution in [-0.2, 0) is 0 Å². The van der Waals surface area contributed by atoms with Crippen molar-refractivity contribution in [3.63, 3.8) is 0 Å². The molecule has 4 heteroatoms. The third-order valence-corrected chi connectivity index (χ3v) is 11.7. The van der Waals surface area contributed by atoms with Gasteiger partial charge in [-0.2, -0.15) is 0 Å². The van der Waals surface area contributed by atoms with E-state index in [1.807, 2.05) is 17.4 Å². The third kappa shape index (κ3) is 4.30. The SMILES string of the molecule is c1ccc(C2=NC(c3ccc(-c4ccccc4)c4ccccc34)NC(c3cccc4sc5c6c(ccc5c34)-c3cccc4cccc-6c34)=N2)cc1. The normalized spacial score (nSPS) is 14.9. The van der Waals surface area contributed by atoms with Crippen molar-refractivity contribution in [1.29, 1.82) is 0 Å². The lowest BCUT2D eigenvalue weighted by molar-refractivity contribution is 0.680. The van der Waals surface area contributed by atoms with Crippen LogP contribution in [-0.4, -0.2) is 11.7 Å². The van der Waals surface area contributed by atoms with Crippen LogP contribution in [0.1, 0.15) is 22.9 Å². The highest BCUT2D eigenvalue weighted by Crippen LogP contribution is 2.53. The van der Waals surface area contributed by atoms with Gasteiger partial charge in [-0.3, -0.25) is 0 Å². The zero-order valence-electron chi connectivity index (χ0n) is 27.5. The number of fused-ring (bicyclic) bond motifs is 8. The lowest BCUT2D eigenvalue weighted by atomic mass is 9.93. The Labute approximate surface area is 298 Å². The number of nitrogens with zero attached hydrogens (tertiary/aromatic N) is 2. The molecule has 3 nitrogen and oxygen atoms in total. The first-order valence-electron chi connectivity index (χ1n) is 17.4. The van der Waals surface area contributed by atoms with E-state index >= 15 is 0 Å². The molecule has 1 aromatic heterocycles. The summed E-state index contributed by atoms with van der Waals surface area (Å²) in [7, 11) is 0. The second-order valence-corrected chi connectivity index (χ2v) is 14.3. The number of hydrogen-bond donors (Lipinski definition) is 1. The van der Waals surface area contributed by atoms with Crippen LogP contribution < -0.4 is 5.32 Å². The van der Waals surface area contributed by atoms with E-state index in [0.717, 1.165) is 28.4 Å². The second kappa shape index (κ2) is 11.1. The van der Waals surface area contributed by atoms with Crippen LogP contribution in [0.2, 0.25) is 0 Å². The molecule has 0 fully saturated rings. The molecule has 0 radical (unpaired) electrons. The zero-order valence-corrected chi connectivity index (χ0v) is 28.3. The molecule has 238 valence electrons. The molecule has 0 amide bonds. The van der Waals surface area contributed by atoms with Crippen LogP contribution in [0, 0.1) is 0 Å². The first-order chi connectivity index (χ1) is 25.3. The van der Waals surface area contributed by atoms with E-state index in [2.05, 4.69) is 163 Å². The number of benzene rings is 8. The monoisotopic (exact) mass is 667 g/mol.